The van der Waals surface area contributed by atoms with Crippen LogP contribution in [-0.2, 0) is 6.42 Å². The SMILES string of the molecule is Nc1ccc2c(c1)CCCN2C(=O)c1cccc(F)c1Cl. The molecular weight excluding hydrogens is 291 g/mol. The second-order valence-electron chi connectivity index (χ2n) is 5.05. The Morgan fingerprint density at radius 1 is 1.29 bits per heavy atom. The van der Waals surface area contributed by atoms with Gasteiger partial charge < -0.3 is 10.6 Å². The van der Waals surface area contributed by atoms with Gasteiger partial charge in [0.05, 0.1) is 10.6 Å². The van der Waals surface area contributed by atoms with Crippen LogP contribution in [0.2, 0.25) is 5.02 Å². The van der Waals surface area contributed by atoms with Crippen LogP contribution in [0.1, 0.15) is 22.3 Å². The molecule has 0 unspecified atom stereocenters. The number of anilines is 2. The highest BCUT2D eigenvalue weighted by atomic mass is 35.5. The molecule has 0 fully saturated rings. The fraction of sp³-hybridized carbons (Fsp3) is 0.188. The molecule has 1 aliphatic heterocycles. The highest BCUT2D eigenvalue weighted by Gasteiger charge is 2.25. The first-order valence-corrected chi connectivity index (χ1v) is 7.10. The first kappa shape index (κ1) is 13.9. The number of nitrogens with zero attached hydrogens (tertiary/aromatic N) is 1. The van der Waals surface area contributed by atoms with Crippen LogP contribution in [0, 0.1) is 5.82 Å². The van der Waals surface area contributed by atoms with E-state index in [1.54, 1.807) is 17.0 Å². The number of benzene rings is 2. The lowest BCUT2D eigenvalue weighted by Crippen LogP contribution is -2.35. The number of rotatable bonds is 1. The van der Waals surface area contributed by atoms with E-state index in [0.717, 1.165) is 24.1 Å². The van der Waals surface area contributed by atoms with Gasteiger partial charge in [-0.25, -0.2) is 4.39 Å². The summed E-state index contributed by atoms with van der Waals surface area (Å²) in [7, 11) is 0. The molecular formula is C16H14ClFN2O. The molecule has 3 rings (SSSR count). The molecule has 1 heterocycles. The van der Waals surface area contributed by atoms with Crippen LogP contribution >= 0.6 is 11.6 Å². The van der Waals surface area contributed by atoms with Gasteiger partial charge >= 0.3 is 0 Å². The number of carbonyl (C=O) groups is 1. The molecule has 0 aromatic heterocycles. The quantitative estimate of drug-likeness (QED) is 0.817. The molecule has 2 aromatic rings. The number of hydrogen-bond donors (Lipinski definition) is 1. The summed E-state index contributed by atoms with van der Waals surface area (Å²) in [6.45, 7) is 0.586. The van der Waals surface area contributed by atoms with Gasteiger partial charge in [-0.3, -0.25) is 4.79 Å². The molecule has 0 saturated heterocycles. The zero-order valence-corrected chi connectivity index (χ0v) is 12.0. The van der Waals surface area contributed by atoms with E-state index >= 15 is 0 Å². The Bertz CT molecular complexity index is 717. The summed E-state index contributed by atoms with van der Waals surface area (Å²) in [5, 5.41) is -0.134. The van der Waals surface area contributed by atoms with E-state index in [1.807, 2.05) is 12.1 Å². The van der Waals surface area contributed by atoms with Crippen molar-refractivity contribution < 1.29 is 9.18 Å². The van der Waals surface area contributed by atoms with Crippen molar-refractivity contribution in [2.24, 2.45) is 0 Å². The molecule has 0 bridgehead atoms. The predicted molar refractivity (Wildman–Crippen MR) is 82.3 cm³/mol. The molecule has 0 spiro atoms. The lowest BCUT2D eigenvalue weighted by molar-refractivity contribution is 0.0985. The second-order valence-corrected chi connectivity index (χ2v) is 5.43. The van der Waals surface area contributed by atoms with Crippen molar-refractivity contribution in [2.45, 2.75) is 12.8 Å². The Balaban J connectivity index is 2.02. The molecule has 21 heavy (non-hydrogen) atoms. The first-order chi connectivity index (χ1) is 10.1. The zero-order chi connectivity index (χ0) is 15.0. The molecule has 0 aliphatic carbocycles. The highest BCUT2D eigenvalue weighted by Crippen LogP contribution is 2.31. The molecule has 5 heteroatoms. The Labute approximate surface area is 127 Å². The van der Waals surface area contributed by atoms with E-state index in [9.17, 15) is 9.18 Å². The molecule has 0 atom stereocenters. The van der Waals surface area contributed by atoms with Crippen molar-refractivity contribution in [3.63, 3.8) is 0 Å². The van der Waals surface area contributed by atoms with Crippen molar-refractivity contribution in [3.05, 3.63) is 58.4 Å². The maximum atomic E-state index is 13.5. The molecule has 2 N–H and O–H groups in total. The molecule has 0 saturated carbocycles. The van der Waals surface area contributed by atoms with Gasteiger partial charge in [0, 0.05) is 17.9 Å². The number of nitrogen functional groups attached to an aromatic ring is 1. The number of hydrogen-bond acceptors (Lipinski definition) is 2. The van der Waals surface area contributed by atoms with Crippen molar-refractivity contribution in [2.75, 3.05) is 17.2 Å². The molecule has 2 aromatic carbocycles. The first-order valence-electron chi connectivity index (χ1n) is 6.72. The number of amides is 1. The predicted octanol–water partition coefficient (Wildman–Crippen LogP) is 3.65. The monoisotopic (exact) mass is 304 g/mol. The minimum atomic E-state index is -0.586. The standard InChI is InChI=1S/C16H14ClFN2O/c17-15-12(4-1-5-13(15)18)16(21)20-8-2-3-10-9-11(19)6-7-14(10)20/h1,4-7,9H,2-3,8,19H2. The lowest BCUT2D eigenvalue weighted by atomic mass is 10.00. The van der Waals surface area contributed by atoms with Gasteiger partial charge in [-0.1, -0.05) is 17.7 Å². The molecule has 3 nitrogen and oxygen atoms in total. The van der Waals surface area contributed by atoms with E-state index in [-0.39, 0.29) is 16.5 Å². The fourth-order valence-electron chi connectivity index (χ4n) is 2.64. The summed E-state index contributed by atoms with van der Waals surface area (Å²) >= 11 is 5.92. The maximum Gasteiger partial charge on any atom is 0.259 e. The van der Waals surface area contributed by atoms with Crippen molar-refractivity contribution in [3.8, 4) is 0 Å². The van der Waals surface area contributed by atoms with Gasteiger partial charge in [0.15, 0.2) is 0 Å². The van der Waals surface area contributed by atoms with Crippen LogP contribution in [0.15, 0.2) is 36.4 Å². The number of fused-ring (bicyclic) bond motifs is 1. The van der Waals surface area contributed by atoms with Gasteiger partial charge in [0.2, 0.25) is 0 Å². The number of aryl methyl sites for hydroxylation is 1. The largest absolute Gasteiger partial charge is 0.399 e. The van der Waals surface area contributed by atoms with E-state index in [1.165, 1.54) is 12.1 Å². The number of nitrogens with two attached hydrogens (primary N) is 1. The van der Waals surface area contributed by atoms with E-state index in [4.69, 9.17) is 17.3 Å². The Kier molecular flexibility index (Phi) is 3.55. The number of carbonyl (C=O) groups excluding carboxylic acids is 1. The fourth-order valence-corrected chi connectivity index (χ4v) is 2.85. The third-order valence-electron chi connectivity index (χ3n) is 3.65. The summed E-state index contributed by atoms with van der Waals surface area (Å²) < 4.78 is 13.5. The van der Waals surface area contributed by atoms with Gasteiger partial charge in [-0.15, -0.1) is 0 Å². The summed E-state index contributed by atoms with van der Waals surface area (Å²) in [5.41, 5.74) is 8.49. The molecule has 108 valence electrons. The average Bonchev–Trinajstić information content (AvgIpc) is 2.48. The Morgan fingerprint density at radius 3 is 2.90 bits per heavy atom. The summed E-state index contributed by atoms with van der Waals surface area (Å²) in [4.78, 5) is 14.3. The van der Waals surface area contributed by atoms with Crippen LogP contribution in [0.4, 0.5) is 15.8 Å². The lowest BCUT2D eigenvalue weighted by Gasteiger charge is -2.30. The Hall–Kier alpha value is -2.07. The van der Waals surface area contributed by atoms with Crippen molar-refractivity contribution in [1.29, 1.82) is 0 Å². The van der Waals surface area contributed by atoms with Gasteiger partial charge in [0.25, 0.3) is 5.91 Å². The van der Waals surface area contributed by atoms with Crippen LogP contribution in [0.25, 0.3) is 0 Å². The van der Waals surface area contributed by atoms with Gasteiger partial charge in [0.1, 0.15) is 5.82 Å². The van der Waals surface area contributed by atoms with E-state index in [2.05, 4.69) is 0 Å². The topological polar surface area (TPSA) is 46.3 Å². The third-order valence-corrected chi connectivity index (χ3v) is 4.03. The zero-order valence-electron chi connectivity index (χ0n) is 11.3. The van der Waals surface area contributed by atoms with Crippen molar-refractivity contribution in [1.82, 2.24) is 0 Å². The normalized spacial score (nSPS) is 13.9. The summed E-state index contributed by atoms with van der Waals surface area (Å²) in [5.74, 6) is -0.873. The van der Waals surface area contributed by atoms with Gasteiger partial charge in [-0.2, -0.15) is 0 Å². The highest BCUT2D eigenvalue weighted by molar-refractivity contribution is 6.34. The van der Waals surface area contributed by atoms with Crippen LogP contribution in [-0.4, -0.2) is 12.5 Å². The van der Waals surface area contributed by atoms with Crippen LogP contribution in [0.3, 0.4) is 0 Å². The average molecular weight is 305 g/mol. The van der Waals surface area contributed by atoms with Crippen molar-refractivity contribution >= 4 is 28.9 Å². The summed E-state index contributed by atoms with van der Waals surface area (Å²) in [6.07, 6.45) is 1.72. The molecule has 0 radical (unpaired) electrons. The third kappa shape index (κ3) is 2.47. The minimum absolute atomic E-state index is 0.134. The van der Waals surface area contributed by atoms with E-state index < -0.39 is 5.82 Å². The van der Waals surface area contributed by atoms with Gasteiger partial charge in [-0.05, 0) is 48.7 Å². The second kappa shape index (κ2) is 5.37. The van der Waals surface area contributed by atoms with Crippen LogP contribution in [0.5, 0.6) is 0 Å². The maximum absolute atomic E-state index is 13.5. The smallest absolute Gasteiger partial charge is 0.259 e. The number of halogens is 2. The Morgan fingerprint density at radius 2 is 2.10 bits per heavy atom. The van der Waals surface area contributed by atoms with Crippen LogP contribution < -0.4 is 10.6 Å². The minimum Gasteiger partial charge on any atom is -0.399 e. The molecule has 1 amide bonds. The van der Waals surface area contributed by atoms with E-state index in [0.29, 0.717) is 12.2 Å². The molecule has 1 aliphatic rings. The summed E-state index contributed by atoms with van der Waals surface area (Å²) in [6, 6.07) is 9.74.